The van der Waals surface area contributed by atoms with Crippen molar-refractivity contribution < 1.29 is 14.3 Å². The van der Waals surface area contributed by atoms with E-state index < -0.39 is 6.04 Å². The SMILES string of the molecule is CCCNC(=O)C(CC)N(Cc1ccc(Cl)c(Cl)c1)C(=O)CSCc1ccc(OC)cc1. The van der Waals surface area contributed by atoms with Crippen LogP contribution in [0.4, 0.5) is 0 Å². The van der Waals surface area contributed by atoms with Gasteiger partial charge in [-0.1, -0.05) is 55.2 Å². The van der Waals surface area contributed by atoms with Crippen LogP contribution in [0.25, 0.3) is 0 Å². The van der Waals surface area contributed by atoms with E-state index in [1.54, 1.807) is 24.1 Å². The van der Waals surface area contributed by atoms with Crippen LogP contribution < -0.4 is 10.1 Å². The largest absolute Gasteiger partial charge is 0.497 e. The quantitative estimate of drug-likeness (QED) is 0.417. The Labute approximate surface area is 204 Å². The smallest absolute Gasteiger partial charge is 0.242 e. The first-order chi connectivity index (χ1) is 15.4. The summed E-state index contributed by atoms with van der Waals surface area (Å²) in [6.07, 6.45) is 1.35. The molecule has 0 heterocycles. The second kappa shape index (κ2) is 13.6. The second-order valence-corrected chi connectivity index (χ2v) is 9.13. The summed E-state index contributed by atoms with van der Waals surface area (Å²) < 4.78 is 5.18. The maximum atomic E-state index is 13.2. The molecule has 2 aromatic carbocycles. The number of methoxy groups -OCH3 is 1. The second-order valence-electron chi connectivity index (χ2n) is 7.33. The van der Waals surface area contributed by atoms with E-state index >= 15 is 0 Å². The number of nitrogens with zero attached hydrogens (tertiary/aromatic N) is 1. The van der Waals surface area contributed by atoms with Crippen molar-refractivity contribution in [3.05, 3.63) is 63.6 Å². The Bertz CT molecular complexity index is 893. The fraction of sp³-hybridized carbons (Fsp3) is 0.417. The topological polar surface area (TPSA) is 58.6 Å². The number of nitrogens with one attached hydrogen (secondary N) is 1. The molecular weight excluding hydrogens is 467 g/mol. The minimum atomic E-state index is -0.551. The summed E-state index contributed by atoms with van der Waals surface area (Å²) in [6.45, 7) is 4.78. The van der Waals surface area contributed by atoms with E-state index in [2.05, 4.69) is 5.32 Å². The van der Waals surface area contributed by atoms with Gasteiger partial charge in [-0.25, -0.2) is 0 Å². The molecule has 0 spiro atoms. The fourth-order valence-electron chi connectivity index (χ4n) is 3.18. The number of hydrogen-bond donors (Lipinski definition) is 1. The number of hydrogen-bond acceptors (Lipinski definition) is 4. The number of halogens is 2. The zero-order chi connectivity index (χ0) is 23.5. The first kappa shape index (κ1) is 26.4. The third kappa shape index (κ3) is 7.91. The van der Waals surface area contributed by atoms with Gasteiger partial charge in [-0.3, -0.25) is 9.59 Å². The van der Waals surface area contributed by atoms with Crippen LogP contribution in [0.3, 0.4) is 0 Å². The number of rotatable bonds is 12. The Kier molecular flexibility index (Phi) is 11.2. The maximum Gasteiger partial charge on any atom is 0.242 e. The Morgan fingerprint density at radius 2 is 1.75 bits per heavy atom. The lowest BCUT2D eigenvalue weighted by atomic mass is 10.1. The molecule has 32 heavy (non-hydrogen) atoms. The van der Waals surface area contributed by atoms with Gasteiger partial charge in [-0.2, -0.15) is 0 Å². The third-order valence-electron chi connectivity index (χ3n) is 4.93. The number of carbonyl (C=O) groups excluding carboxylic acids is 2. The van der Waals surface area contributed by atoms with E-state index in [-0.39, 0.29) is 24.1 Å². The number of ether oxygens (including phenoxy) is 1. The average molecular weight is 497 g/mol. The Morgan fingerprint density at radius 3 is 2.34 bits per heavy atom. The predicted molar refractivity (Wildman–Crippen MR) is 134 cm³/mol. The lowest BCUT2D eigenvalue weighted by molar-refractivity contribution is -0.139. The van der Waals surface area contributed by atoms with Crippen molar-refractivity contribution in [2.45, 2.75) is 45.0 Å². The Balaban J connectivity index is 2.12. The summed E-state index contributed by atoms with van der Waals surface area (Å²) in [6, 6.07) is 12.5. The third-order valence-corrected chi connectivity index (χ3v) is 6.65. The van der Waals surface area contributed by atoms with Crippen molar-refractivity contribution in [3.63, 3.8) is 0 Å². The van der Waals surface area contributed by atoms with Gasteiger partial charge in [0.2, 0.25) is 11.8 Å². The molecule has 0 aliphatic heterocycles. The monoisotopic (exact) mass is 496 g/mol. The van der Waals surface area contributed by atoms with Crippen LogP contribution in [0.2, 0.25) is 10.0 Å². The Morgan fingerprint density at radius 1 is 1.06 bits per heavy atom. The molecule has 0 saturated carbocycles. The first-order valence-corrected chi connectivity index (χ1v) is 12.5. The molecule has 0 fully saturated rings. The van der Waals surface area contributed by atoms with Gasteiger partial charge in [-0.05, 0) is 48.2 Å². The molecule has 1 atom stereocenters. The molecule has 5 nitrogen and oxygen atoms in total. The summed E-state index contributed by atoms with van der Waals surface area (Å²) in [4.78, 5) is 27.6. The standard InChI is InChI=1S/C24H30Cl2N2O3S/c1-4-12-27-24(30)22(5-2)28(14-18-8-11-20(25)21(26)13-18)23(29)16-32-15-17-6-9-19(31-3)10-7-17/h6-11,13,22H,4-5,12,14-16H2,1-3H3,(H,27,30). The average Bonchev–Trinajstić information content (AvgIpc) is 2.80. The summed E-state index contributed by atoms with van der Waals surface area (Å²) >= 11 is 13.7. The number of thioether (sulfide) groups is 1. The predicted octanol–water partition coefficient (Wildman–Crippen LogP) is 5.57. The molecule has 0 aliphatic rings. The van der Waals surface area contributed by atoms with Crippen LogP contribution in [0.15, 0.2) is 42.5 Å². The minimum absolute atomic E-state index is 0.0897. The van der Waals surface area contributed by atoms with Gasteiger partial charge in [-0.15, -0.1) is 11.8 Å². The molecule has 0 aromatic heterocycles. The summed E-state index contributed by atoms with van der Waals surface area (Å²) in [5, 5.41) is 3.80. The van der Waals surface area contributed by atoms with Gasteiger partial charge in [0, 0.05) is 18.8 Å². The molecule has 8 heteroatoms. The van der Waals surface area contributed by atoms with E-state index in [4.69, 9.17) is 27.9 Å². The van der Waals surface area contributed by atoms with Crippen molar-refractivity contribution in [2.24, 2.45) is 0 Å². The highest BCUT2D eigenvalue weighted by Crippen LogP contribution is 2.25. The van der Waals surface area contributed by atoms with E-state index in [9.17, 15) is 9.59 Å². The zero-order valence-corrected chi connectivity index (χ0v) is 21.0. The minimum Gasteiger partial charge on any atom is -0.497 e. The first-order valence-electron chi connectivity index (χ1n) is 10.6. The molecule has 0 aliphatic carbocycles. The highest BCUT2D eigenvalue weighted by molar-refractivity contribution is 7.99. The van der Waals surface area contributed by atoms with Crippen molar-refractivity contribution in [1.82, 2.24) is 10.2 Å². The molecule has 2 aromatic rings. The van der Waals surface area contributed by atoms with Crippen molar-refractivity contribution in [2.75, 3.05) is 19.4 Å². The van der Waals surface area contributed by atoms with Crippen molar-refractivity contribution in [1.29, 1.82) is 0 Å². The van der Waals surface area contributed by atoms with Crippen molar-refractivity contribution in [3.8, 4) is 5.75 Å². The van der Waals surface area contributed by atoms with E-state index in [0.29, 0.717) is 28.8 Å². The Hall–Kier alpha value is -1.89. The molecule has 1 N–H and O–H groups in total. The molecular formula is C24H30Cl2N2O3S. The van der Waals surface area contributed by atoms with E-state index in [1.807, 2.05) is 44.2 Å². The fourth-order valence-corrected chi connectivity index (χ4v) is 4.37. The van der Waals surface area contributed by atoms with Crippen LogP contribution in [0, 0.1) is 0 Å². The molecule has 0 saturated heterocycles. The van der Waals surface area contributed by atoms with E-state index in [1.165, 1.54) is 11.8 Å². The number of amides is 2. The van der Waals surface area contributed by atoms with Gasteiger partial charge in [0.25, 0.3) is 0 Å². The van der Waals surface area contributed by atoms with Crippen molar-refractivity contribution >= 4 is 46.8 Å². The molecule has 174 valence electrons. The number of carbonyl (C=O) groups is 2. The van der Waals surface area contributed by atoms with Gasteiger partial charge < -0.3 is 15.0 Å². The summed E-state index contributed by atoms with van der Waals surface area (Å²) in [7, 11) is 1.63. The number of benzene rings is 2. The van der Waals surface area contributed by atoms with Gasteiger partial charge in [0.15, 0.2) is 0 Å². The molecule has 2 rings (SSSR count). The summed E-state index contributed by atoms with van der Waals surface area (Å²) in [5.74, 6) is 1.53. The van der Waals surface area contributed by atoms with Gasteiger partial charge in [0.1, 0.15) is 11.8 Å². The molecule has 0 bridgehead atoms. The molecule has 2 amide bonds. The van der Waals surface area contributed by atoms with Gasteiger partial charge >= 0.3 is 0 Å². The highest BCUT2D eigenvalue weighted by atomic mass is 35.5. The lowest BCUT2D eigenvalue weighted by Crippen LogP contribution is -2.49. The molecule has 0 radical (unpaired) electrons. The van der Waals surface area contributed by atoms with Crippen LogP contribution in [0.1, 0.15) is 37.8 Å². The lowest BCUT2D eigenvalue weighted by Gasteiger charge is -2.30. The zero-order valence-electron chi connectivity index (χ0n) is 18.7. The van der Waals surface area contributed by atoms with Crippen LogP contribution in [0.5, 0.6) is 5.75 Å². The normalized spacial score (nSPS) is 11.7. The maximum absolute atomic E-state index is 13.2. The summed E-state index contributed by atoms with van der Waals surface area (Å²) in [5.41, 5.74) is 1.93. The van der Waals surface area contributed by atoms with Crippen LogP contribution in [-0.4, -0.2) is 42.2 Å². The van der Waals surface area contributed by atoms with Crippen LogP contribution >= 0.6 is 35.0 Å². The molecule has 1 unspecified atom stereocenters. The van der Waals surface area contributed by atoms with Crippen LogP contribution in [-0.2, 0) is 21.9 Å². The van der Waals surface area contributed by atoms with Gasteiger partial charge in [0.05, 0.1) is 22.9 Å². The highest BCUT2D eigenvalue weighted by Gasteiger charge is 2.28. The van der Waals surface area contributed by atoms with E-state index in [0.717, 1.165) is 23.3 Å².